The highest BCUT2D eigenvalue weighted by Gasteiger charge is 2.08. The second-order valence-corrected chi connectivity index (χ2v) is 7.21. The maximum Gasteiger partial charge on any atom is 0.193 e. The summed E-state index contributed by atoms with van der Waals surface area (Å²) < 4.78 is 0. The van der Waals surface area contributed by atoms with Gasteiger partial charge in [0, 0.05) is 43.1 Å². The van der Waals surface area contributed by atoms with Crippen molar-refractivity contribution in [3.63, 3.8) is 0 Å². The van der Waals surface area contributed by atoms with E-state index >= 15 is 0 Å². The summed E-state index contributed by atoms with van der Waals surface area (Å²) in [6.45, 7) is 3.70. The molecule has 1 aromatic carbocycles. The lowest BCUT2D eigenvalue weighted by Crippen LogP contribution is -2.39. The van der Waals surface area contributed by atoms with E-state index in [0.29, 0.717) is 0 Å². The molecular formula is C19H25N5S. The molecule has 0 atom stereocenters. The van der Waals surface area contributed by atoms with Gasteiger partial charge < -0.3 is 15.2 Å². The highest BCUT2D eigenvalue weighted by Crippen LogP contribution is 2.18. The lowest BCUT2D eigenvalue weighted by Gasteiger charge is -2.21. The monoisotopic (exact) mass is 355 g/mol. The Hall–Kier alpha value is -2.34. The van der Waals surface area contributed by atoms with Gasteiger partial charge in [-0.3, -0.25) is 4.99 Å². The molecule has 2 N–H and O–H groups in total. The van der Waals surface area contributed by atoms with Crippen LogP contribution in [0.3, 0.4) is 0 Å². The van der Waals surface area contributed by atoms with Crippen molar-refractivity contribution >= 4 is 28.2 Å². The van der Waals surface area contributed by atoms with Crippen LogP contribution in [0, 0.1) is 6.92 Å². The van der Waals surface area contributed by atoms with E-state index in [2.05, 4.69) is 61.0 Å². The SMILES string of the molecule is CN=C(NCCCc1c[nH]c2ccccc12)N(C)Cc1csc(C)n1. The van der Waals surface area contributed by atoms with Gasteiger partial charge in [0.1, 0.15) is 0 Å². The zero-order valence-corrected chi connectivity index (χ0v) is 15.9. The summed E-state index contributed by atoms with van der Waals surface area (Å²) in [6.07, 6.45) is 4.23. The van der Waals surface area contributed by atoms with Crippen LogP contribution < -0.4 is 5.32 Å². The lowest BCUT2D eigenvalue weighted by molar-refractivity contribution is 0.470. The number of fused-ring (bicyclic) bond motifs is 1. The number of nitrogens with zero attached hydrogens (tertiary/aromatic N) is 3. The summed E-state index contributed by atoms with van der Waals surface area (Å²) in [5, 5.41) is 7.98. The van der Waals surface area contributed by atoms with Crippen LogP contribution in [0.2, 0.25) is 0 Å². The maximum absolute atomic E-state index is 4.52. The van der Waals surface area contributed by atoms with E-state index in [1.165, 1.54) is 16.5 Å². The molecule has 3 rings (SSSR count). The van der Waals surface area contributed by atoms with Crippen molar-refractivity contribution in [2.24, 2.45) is 4.99 Å². The Kier molecular flexibility index (Phi) is 5.71. The molecular weight excluding hydrogens is 330 g/mol. The molecule has 0 amide bonds. The van der Waals surface area contributed by atoms with Gasteiger partial charge in [-0.05, 0) is 31.4 Å². The minimum Gasteiger partial charge on any atom is -0.361 e. The van der Waals surface area contributed by atoms with E-state index in [1.807, 2.05) is 21.0 Å². The van der Waals surface area contributed by atoms with E-state index in [-0.39, 0.29) is 0 Å². The first-order chi connectivity index (χ1) is 12.2. The Bertz CT molecular complexity index is 848. The van der Waals surface area contributed by atoms with Crippen LogP contribution in [0.15, 0.2) is 40.8 Å². The number of aliphatic imine (C=N–C) groups is 1. The highest BCUT2D eigenvalue weighted by atomic mass is 32.1. The van der Waals surface area contributed by atoms with E-state index in [1.54, 1.807) is 11.3 Å². The predicted octanol–water partition coefficient (Wildman–Crippen LogP) is 3.57. The molecule has 0 aliphatic heterocycles. The van der Waals surface area contributed by atoms with E-state index < -0.39 is 0 Å². The van der Waals surface area contributed by atoms with Crippen molar-refractivity contribution in [3.8, 4) is 0 Å². The quantitative estimate of drug-likeness (QED) is 0.404. The first kappa shape index (κ1) is 17.5. The van der Waals surface area contributed by atoms with E-state index in [0.717, 1.165) is 42.6 Å². The van der Waals surface area contributed by atoms with Crippen molar-refractivity contribution in [3.05, 3.63) is 52.1 Å². The molecule has 3 aromatic rings. The summed E-state index contributed by atoms with van der Waals surface area (Å²) in [5.74, 6) is 0.907. The van der Waals surface area contributed by atoms with Crippen molar-refractivity contribution in [2.75, 3.05) is 20.6 Å². The van der Waals surface area contributed by atoms with Gasteiger partial charge in [-0.1, -0.05) is 18.2 Å². The summed E-state index contributed by atoms with van der Waals surface area (Å²) >= 11 is 1.69. The van der Waals surface area contributed by atoms with Gasteiger partial charge in [-0.2, -0.15) is 0 Å². The summed E-state index contributed by atoms with van der Waals surface area (Å²) in [6, 6.07) is 8.45. The largest absolute Gasteiger partial charge is 0.361 e. The third kappa shape index (κ3) is 4.39. The number of aromatic amines is 1. The van der Waals surface area contributed by atoms with Crippen LogP contribution in [-0.2, 0) is 13.0 Å². The average Bonchev–Trinajstić information content (AvgIpc) is 3.21. The van der Waals surface area contributed by atoms with Crippen molar-refractivity contribution in [1.29, 1.82) is 0 Å². The first-order valence-electron chi connectivity index (χ1n) is 8.55. The molecule has 0 aliphatic rings. The Morgan fingerprint density at radius 1 is 1.36 bits per heavy atom. The molecule has 2 heterocycles. The Balaban J connectivity index is 1.48. The number of aromatic nitrogens is 2. The van der Waals surface area contributed by atoms with Gasteiger partial charge in [0.25, 0.3) is 0 Å². The molecule has 0 bridgehead atoms. The number of thiazole rings is 1. The van der Waals surface area contributed by atoms with Gasteiger partial charge >= 0.3 is 0 Å². The van der Waals surface area contributed by atoms with Gasteiger partial charge in [-0.25, -0.2) is 4.98 Å². The molecule has 0 saturated carbocycles. The highest BCUT2D eigenvalue weighted by molar-refractivity contribution is 7.09. The van der Waals surface area contributed by atoms with Crippen LogP contribution in [0.1, 0.15) is 22.7 Å². The Labute approximate surface area is 152 Å². The molecule has 0 unspecified atom stereocenters. The number of hydrogen-bond donors (Lipinski definition) is 2. The van der Waals surface area contributed by atoms with Crippen LogP contribution in [0.5, 0.6) is 0 Å². The number of H-pyrrole nitrogens is 1. The average molecular weight is 356 g/mol. The number of benzene rings is 1. The Morgan fingerprint density at radius 2 is 2.20 bits per heavy atom. The predicted molar refractivity (Wildman–Crippen MR) is 106 cm³/mol. The smallest absolute Gasteiger partial charge is 0.193 e. The molecule has 0 saturated heterocycles. The lowest BCUT2D eigenvalue weighted by atomic mass is 10.1. The molecule has 5 nitrogen and oxygen atoms in total. The molecule has 132 valence electrons. The van der Waals surface area contributed by atoms with Crippen LogP contribution >= 0.6 is 11.3 Å². The second kappa shape index (κ2) is 8.16. The van der Waals surface area contributed by atoms with Crippen LogP contribution in [-0.4, -0.2) is 41.5 Å². The Morgan fingerprint density at radius 3 is 2.96 bits per heavy atom. The van der Waals surface area contributed by atoms with Gasteiger partial charge in [0.05, 0.1) is 17.2 Å². The standard InChI is InChI=1S/C19H25N5S/c1-14-23-16(13-25-14)12-24(3)19(20-2)21-10-6-7-15-11-22-18-9-5-4-8-17(15)18/h4-5,8-9,11,13,22H,6-7,10,12H2,1-3H3,(H,20,21). The molecule has 0 aliphatic carbocycles. The van der Waals surface area contributed by atoms with Crippen molar-refractivity contribution < 1.29 is 0 Å². The fourth-order valence-electron chi connectivity index (χ4n) is 3.00. The topological polar surface area (TPSA) is 56.3 Å². The zero-order chi connectivity index (χ0) is 17.6. The number of rotatable bonds is 6. The number of aryl methyl sites for hydroxylation is 2. The van der Waals surface area contributed by atoms with E-state index in [9.17, 15) is 0 Å². The van der Waals surface area contributed by atoms with Crippen molar-refractivity contribution in [2.45, 2.75) is 26.3 Å². The molecule has 25 heavy (non-hydrogen) atoms. The van der Waals surface area contributed by atoms with Gasteiger partial charge in [0.15, 0.2) is 5.96 Å². The minimum atomic E-state index is 0.770. The fraction of sp³-hybridized carbons (Fsp3) is 0.368. The van der Waals surface area contributed by atoms with Gasteiger partial charge in [-0.15, -0.1) is 11.3 Å². The third-order valence-electron chi connectivity index (χ3n) is 4.22. The number of hydrogen-bond acceptors (Lipinski definition) is 3. The number of guanidine groups is 1. The second-order valence-electron chi connectivity index (χ2n) is 6.15. The van der Waals surface area contributed by atoms with Crippen LogP contribution in [0.25, 0.3) is 10.9 Å². The number of nitrogens with one attached hydrogen (secondary N) is 2. The maximum atomic E-state index is 4.52. The molecule has 0 spiro atoms. The molecule has 6 heteroatoms. The van der Waals surface area contributed by atoms with Crippen LogP contribution in [0.4, 0.5) is 0 Å². The summed E-state index contributed by atoms with van der Waals surface area (Å²) in [4.78, 5) is 14.3. The fourth-order valence-corrected chi connectivity index (χ4v) is 3.60. The van der Waals surface area contributed by atoms with Crippen molar-refractivity contribution in [1.82, 2.24) is 20.2 Å². The zero-order valence-electron chi connectivity index (χ0n) is 15.0. The van der Waals surface area contributed by atoms with E-state index in [4.69, 9.17) is 0 Å². The normalized spacial score (nSPS) is 11.9. The summed E-state index contributed by atoms with van der Waals surface area (Å²) in [7, 11) is 3.87. The molecule has 0 radical (unpaired) electrons. The minimum absolute atomic E-state index is 0.770. The first-order valence-corrected chi connectivity index (χ1v) is 9.43. The third-order valence-corrected chi connectivity index (χ3v) is 5.04. The van der Waals surface area contributed by atoms with Gasteiger partial charge in [0.2, 0.25) is 0 Å². The summed E-state index contributed by atoms with van der Waals surface area (Å²) in [5.41, 5.74) is 3.67. The number of para-hydroxylation sites is 1. The molecule has 0 fully saturated rings. The molecule has 2 aromatic heterocycles.